The molecule has 0 saturated heterocycles. The first kappa shape index (κ1) is 17.5. The summed E-state index contributed by atoms with van der Waals surface area (Å²) in [5, 5.41) is 11.1. The number of benzene rings is 1. The SMILES string of the molecule is CNC(=O)c1cccc(-c2n[nH]c3cc(C)nc(OC4CCCCC4)c23)c1. The van der Waals surface area contributed by atoms with E-state index in [0.29, 0.717) is 11.4 Å². The van der Waals surface area contributed by atoms with Gasteiger partial charge < -0.3 is 10.1 Å². The molecule has 1 aliphatic rings. The average Bonchev–Trinajstić information content (AvgIpc) is 3.12. The molecule has 1 aromatic carbocycles. The van der Waals surface area contributed by atoms with Gasteiger partial charge in [0.2, 0.25) is 5.88 Å². The minimum absolute atomic E-state index is 0.121. The molecule has 140 valence electrons. The van der Waals surface area contributed by atoms with Crippen LogP contribution in [0, 0.1) is 6.92 Å². The van der Waals surface area contributed by atoms with Crippen molar-refractivity contribution in [1.29, 1.82) is 0 Å². The first-order chi connectivity index (χ1) is 13.2. The molecule has 1 amide bonds. The summed E-state index contributed by atoms with van der Waals surface area (Å²) in [6.07, 6.45) is 6.02. The lowest BCUT2D eigenvalue weighted by atomic mass is 9.98. The van der Waals surface area contributed by atoms with Gasteiger partial charge in [-0.2, -0.15) is 5.10 Å². The molecule has 1 aliphatic carbocycles. The molecular formula is C21H24N4O2. The minimum atomic E-state index is -0.121. The van der Waals surface area contributed by atoms with Crippen LogP contribution in [0.2, 0.25) is 0 Å². The standard InChI is InChI=1S/C21H24N4O2/c1-13-11-17-18(21(23-13)27-16-9-4-3-5-10-16)19(25-24-17)14-7-6-8-15(12-14)20(26)22-2/h6-8,11-12,16H,3-5,9-10H2,1-2H3,(H,22,26)(H,24,25). The summed E-state index contributed by atoms with van der Waals surface area (Å²) in [6.45, 7) is 1.96. The van der Waals surface area contributed by atoms with Crippen molar-refractivity contribution in [2.24, 2.45) is 0 Å². The van der Waals surface area contributed by atoms with Gasteiger partial charge in [0, 0.05) is 23.9 Å². The molecule has 27 heavy (non-hydrogen) atoms. The number of carbonyl (C=O) groups excluding carboxylic acids is 1. The topological polar surface area (TPSA) is 79.9 Å². The summed E-state index contributed by atoms with van der Waals surface area (Å²) in [5.74, 6) is 0.510. The Morgan fingerprint density at radius 3 is 2.81 bits per heavy atom. The molecule has 0 atom stereocenters. The highest BCUT2D eigenvalue weighted by Gasteiger charge is 2.21. The number of hydrogen-bond acceptors (Lipinski definition) is 4. The smallest absolute Gasteiger partial charge is 0.251 e. The Balaban J connectivity index is 1.79. The Morgan fingerprint density at radius 1 is 1.22 bits per heavy atom. The number of amides is 1. The van der Waals surface area contributed by atoms with Crippen molar-refractivity contribution in [3.8, 4) is 17.1 Å². The summed E-state index contributed by atoms with van der Waals surface area (Å²) in [6, 6.07) is 9.43. The second-order valence-electron chi connectivity index (χ2n) is 7.10. The van der Waals surface area contributed by atoms with Crippen LogP contribution in [-0.2, 0) is 0 Å². The predicted octanol–water partition coefficient (Wildman–Crippen LogP) is 4.00. The van der Waals surface area contributed by atoms with Crippen molar-refractivity contribution < 1.29 is 9.53 Å². The molecule has 2 heterocycles. The summed E-state index contributed by atoms with van der Waals surface area (Å²) in [7, 11) is 1.63. The highest BCUT2D eigenvalue weighted by atomic mass is 16.5. The molecule has 0 unspecified atom stereocenters. The zero-order valence-corrected chi connectivity index (χ0v) is 15.7. The van der Waals surface area contributed by atoms with E-state index in [4.69, 9.17) is 4.74 Å². The number of hydrogen-bond donors (Lipinski definition) is 2. The fourth-order valence-corrected chi connectivity index (χ4v) is 3.72. The van der Waals surface area contributed by atoms with Crippen LogP contribution in [0.25, 0.3) is 22.2 Å². The summed E-state index contributed by atoms with van der Waals surface area (Å²) >= 11 is 0. The van der Waals surface area contributed by atoms with Gasteiger partial charge >= 0.3 is 0 Å². The lowest BCUT2D eigenvalue weighted by Gasteiger charge is -2.23. The number of aryl methyl sites for hydroxylation is 1. The minimum Gasteiger partial charge on any atom is -0.474 e. The van der Waals surface area contributed by atoms with Crippen LogP contribution in [-0.4, -0.2) is 34.2 Å². The van der Waals surface area contributed by atoms with Crippen LogP contribution in [0.5, 0.6) is 5.88 Å². The van der Waals surface area contributed by atoms with Crippen LogP contribution in [0.1, 0.15) is 48.2 Å². The van der Waals surface area contributed by atoms with Gasteiger partial charge in [0.25, 0.3) is 5.91 Å². The van der Waals surface area contributed by atoms with Crippen LogP contribution in [0.4, 0.5) is 0 Å². The summed E-state index contributed by atoms with van der Waals surface area (Å²) < 4.78 is 6.32. The van der Waals surface area contributed by atoms with Crippen LogP contribution in [0.3, 0.4) is 0 Å². The van der Waals surface area contributed by atoms with E-state index < -0.39 is 0 Å². The molecule has 0 aliphatic heterocycles. The molecule has 0 radical (unpaired) electrons. The van der Waals surface area contributed by atoms with Crippen molar-refractivity contribution in [2.75, 3.05) is 7.05 Å². The maximum absolute atomic E-state index is 12.0. The molecular weight excluding hydrogens is 340 g/mol. The Kier molecular flexibility index (Phi) is 4.79. The average molecular weight is 364 g/mol. The van der Waals surface area contributed by atoms with E-state index in [2.05, 4.69) is 20.5 Å². The van der Waals surface area contributed by atoms with Gasteiger partial charge in [-0.3, -0.25) is 9.89 Å². The number of rotatable bonds is 4. The van der Waals surface area contributed by atoms with Gasteiger partial charge in [0.05, 0.1) is 10.9 Å². The van der Waals surface area contributed by atoms with E-state index in [0.717, 1.165) is 40.7 Å². The second kappa shape index (κ2) is 7.39. The number of H-pyrrole nitrogens is 1. The molecule has 2 N–H and O–H groups in total. The van der Waals surface area contributed by atoms with Gasteiger partial charge in [-0.25, -0.2) is 4.98 Å². The number of aromatic nitrogens is 3. The number of aromatic amines is 1. The Labute approximate surface area is 158 Å². The third-order valence-electron chi connectivity index (χ3n) is 5.10. The fraction of sp³-hybridized carbons (Fsp3) is 0.381. The molecule has 2 aromatic heterocycles. The van der Waals surface area contributed by atoms with Crippen LogP contribution in [0.15, 0.2) is 30.3 Å². The van der Waals surface area contributed by atoms with Crippen LogP contribution >= 0.6 is 0 Å². The van der Waals surface area contributed by atoms with Gasteiger partial charge in [-0.1, -0.05) is 18.6 Å². The number of carbonyl (C=O) groups is 1. The normalized spacial score (nSPS) is 15.0. The number of fused-ring (bicyclic) bond motifs is 1. The summed E-state index contributed by atoms with van der Waals surface area (Å²) in [5.41, 5.74) is 4.01. The Hall–Kier alpha value is -2.89. The molecule has 6 heteroatoms. The summed E-state index contributed by atoms with van der Waals surface area (Å²) in [4.78, 5) is 16.7. The largest absolute Gasteiger partial charge is 0.474 e. The monoisotopic (exact) mass is 364 g/mol. The number of pyridine rings is 1. The zero-order valence-electron chi connectivity index (χ0n) is 15.7. The lowest BCUT2D eigenvalue weighted by molar-refractivity contribution is 0.0963. The Bertz CT molecular complexity index is 973. The van der Waals surface area contributed by atoms with E-state index in [9.17, 15) is 4.79 Å². The third-order valence-corrected chi connectivity index (χ3v) is 5.10. The highest BCUT2D eigenvalue weighted by Crippen LogP contribution is 2.35. The number of nitrogens with one attached hydrogen (secondary N) is 2. The van der Waals surface area contributed by atoms with E-state index >= 15 is 0 Å². The third kappa shape index (κ3) is 3.52. The zero-order chi connectivity index (χ0) is 18.8. The second-order valence-corrected chi connectivity index (χ2v) is 7.10. The van der Waals surface area contributed by atoms with Crippen LogP contribution < -0.4 is 10.1 Å². The van der Waals surface area contributed by atoms with Crippen molar-refractivity contribution in [1.82, 2.24) is 20.5 Å². The van der Waals surface area contributed by atoms with Crippen molar-refractivity contribution in [3.05, 3.63) is 41.6 Å². The van der Waals surface area contributed by atoms with E-state index in [-0.39, 0.29) is 12.0 Å². The van der Waals surface area contributed by atoms with Gasteiger partial charge in [-0.05, 0) is 50.8 Å². The van der Waals surface area contributed by atoms with E-state index in [1.54, 1.807) is 13.1 Å². The van der Waals surface area contributed by atoms with Crippen molar-refractivity contribution in [2.45, 2.75) is 45.1 Å². The highest BCUT2D eigenvalue weighted by molar-refractivity contribution is 5.99. The van der Waals surface area contributed by atoms with E-state index in [1.807, 2.05) is 31.2 Å². The number of ether oxygens (including phenoxy) is 1. The molecule has 0 bridgehead atoms. The quantitative estimate of drug-likeness (QED) is 0.733. The van der Waals surface area contributed by atoms with Gasteiger partial charge in [0.1, 0.15) is 11.8 Å². The molecule has 3 aromatic rings. The lowest BCUT2D eigenvalue weighted by Crippen LogP contribution is -2.20. The molecule has 0 spiro atoms. The maximum atomic E-state index is 12.0. The first-order valence-electron chi connectivity index (χ1n) is 9.50. The fourth-order valence-electron chi connectivity index (χ4n) is 3.72. The van der Waals surface area contributed by atoms with E-state index in [1.165, 1.54) is 19.3 Å². The van der Waals surface area contributed by atoms with Crippen molar-refractivity contribution in [3.63, 3.8) is 0 Å². The van der Waals surface area contributed by atoms with Gasteiger partial charge in [0.15, 0.2) is 0 Å². The molecule has 4 rings (SSSR count). The maximum Gasteiger partial charge on any atom is 0.251 e. The first-order valence-corrected chi connectivity index (χ1v) is 9.50. The van der Waals surface area contributed by atoms with Gasteiger partial charge in [-0.15, -0.1) is 0 Å². The van der Waals surface area contributed by atoms with Crippen molar-refractivity contribution >= 4 is 16.8 Å². The number of nitrogens with zero attached hydrogens (tertiary/aromatic N) is 2. The molecule has 1 saturated carbocycles. The molecule has 6 nitrogen and oxygen atoms in total. The molecule has 1 fully saturated rings. The Morgan fingerprint density at radius 2 is 2.04 bits per heavy atom. The predicted molar refractivity (Wildman–Crippen MR) is 105 cm³/mol.